The average molecular weight is 416 g/mol. The number of hydrogen-bond donors (Lipinski definition) is 2. The number of nitrogens with zero attached hydrogens (tertiary/aromatic N) is 2. The maximum atomic E-state index is 12.8. The second kappa shape index (κ2) is 7.65. The summed E-state index contributed by atoms with van der Waals surface area (Å²) in [7, 11) is 0. The number of amides is 1. The molecule has 1 spiro atoms. The van der Waals surface area contributed by atoms with Gasteiger partial charge in [0.05, 0.1) is 24.3 Å². The van der Waals surface area contributed by atoms with E-state index in [-0.39, 0.29) is 16.8 Å². The van der Waals surface area contributed by atoms with Gasteiger partial charge in [0.2, 0.25) is 0 Å². The van der Waals surface area contributed by atoms with Crippen molar-refractivity contribution in [3.8, 4) is 0 Å². The van der Waals surface area contributed by atoms with Crippen LogP contribution in [0.5, 0.6) is 0 Å². The Morgan fingerprint density at radius 3 is 2.72 bits per heavy atom. The molecule has 1 aliphatic carbocycles. The van der Waals surface area contributed by atoms with E-state index in [4.69, 9.17) is 21.4 Å². The lowest BCUT2D eigenvalue weighted by Gasteiger charge is -2.53. The van der Waals surface area contributed by atoms with Crippen LogP contribution in [0, 0.1) is 6.92 Å². The summed E-state index contributed by atoms with van der Waals surface area (Å²) in [5, 5.41) is 12.4. The molecule has 0 radical (unpaired) electrons. The summed E-state index contributed by atoms with van der Waals surface area (Å²) in [6, 6.07) is 7.98. The number of carboxylic acid groups (broad SMARTS) is 1. The number of ether oxygens (including phenoxy) is 1. The molecule has 29 heavy (non-hydrogen) atoms. The zero-order valence-electron chi connectivity index (χ0n) is 16.1. The van der Waals surface area contributed by atoms with Crippen LogP contribution < -0.4 is 10.2 Å². The van der Waals surface area contributed by atoms with Gasteiger partial charge < -0.3 is 20.1 Å². The maximum absolute atomic E-state index is 12.8. The van der Waals surface area contributed by atoms with Crippen molar-refractivity contribution < 1.29 is 19.4 Å². The quantitative estimate of drug-likeness (QED) is 0.790. The van der Waals surface area contributed by atoms with E-state index in [2.05, 4.69) is 15.2 Å². The van der Waals surface area contributed by atoms with Crippen molar-refractivity contribution in [2.24, 2.45) is 0 Å². The molecular weight excluding hydrogens is 394 g/mol. The first kappa shape index (κ1) is 19.7. The summed E-state index contributed by atoms with van der Waals surface area (Å²) >= 11 is 6.31. The first-order chi connectivity index (χ1) is 13.9. The number of morpholine rings is 1. The van der Waals surface area contributed by atoms with Crippen LogP contribution in [0.3, 0.4) is 0 Å². The van der Waals surface area contributed by atoms with Crippen molar-refractivity contribution in [1.29, 1.82) is 0 Å². The van der Waals surface area contributed by atoms with E-state index in [0.717, 1.165) is 19.3 Å². The summed E-state index contributed by atoms with van der Waals surface area (Å²) in [5.74, 6) is -0.716. The van der Waals surface area contributed by atoms with Crippen molar-refractivity contribution >= 4 is 35.0 Å². The Morgan fingerprint density at radius 1 is 1.28 bits per heavy atom. The fourth-order valence-electron chi connectivity index (χ4n) is 4.00. The minimum Gasteiger partial charge on any atom is -0.478 e. The van der Waals surface area contributed by atoms with Gasteiger partial charge in [-0.2, -0.15) is 0 Å². The smallest absolute Gasteiger partial charge is 0.335 e. The molecule has 4 rings (SSSR count). The number of aryl methyl sites for hydroxylation is 1. The van der Waals surface area contributed by atoms with Crippen molar-refractivity contribution in [3.05, 3.63) is 52.2 Å². The van der Waals surface area contributed by atoms with E-state index < -0.39 is 11.9 Å². The van der Waals surface area contributed by atoms with Gasteiger partial charge in [0.15, 0.2) is 0 Å². The molecule has 1 amide bonds. The minimum atomic E-state index is -1.00. The lowest BCUT2D eigenvalue weighted by Crippen LogP contribution is -2.61. The van der Waals surface area contributed by atoms with Gasteiger partial charge in [-0.1, -0.05) is 11.6 Å². The van der Waals surface area contributed by atoms with Gasteiger partial charge in [-0.25, -0.2) is 9.78 Å². The van der Waals surface area contributed by atoms with Gasteiger partial charge in [0, 0.05) is 17.3 Å². The van der Waals surface area contributed by atoms with Gasteiger partial charge in [0.25, 0.3) is 5.91 Å². The Balaban J connectivity index is 1.58. The highest BCUT2D eigenvalue weighted by molar-refractivity contribution is 6.31. The Morgan fingerprint density at radius 2 is 2.07 bits per heavy atom. The normalized spacial score (nSPS) is 17.7. The molecule has 0 bridgehead atoms. The standard InChI is InChI=1S/C21H22ClN3O4/c1-13-9-15(3-4-16(13)20(27)28)23-19(26)17-10-14(22)11-18(24-17)25-7-8-29-12-21(25)5-2-6-21/h3-4,9-11H,2,5-8,12H2,1H3,(H,23,26)(H,27,28). The summed E-state index contributed by atoms with van der Waals surface area (Å²) in [6.07, 6.45) is 3.23. The fourth-order valence-corrected chi connectivity index (χ4v) is 4.21. The third-order valence-electron chi connectivity index (χ3n) is 5.69. The van der Waals surface area contributed by atoms with Crippen molar-refractivity contribution in [1.82, 2.24) is 4.98 Å². The zero-order chi connectivity index (χ0) is 20.6. The lowest BCUT2D eigenvalue weighted by molar-refractivity contribution is 0.0129. The largest absolute Gasteiger partial charge is 0.478 e. The van der Waals surface area contributed by atoms with E-state index >= 15 is 0 Å². The molecule has 1 saturated heterocycles. The molecule has 2 heterocycles. The number of nitrogens with one attached hydrogen (secondary N) is 1. The topological polar surface area (TPSA) is 91.8 Å². The predicted octanol–water partition coefficient (Wildman–Crippen LogP) is 3.75. The Bertz CT molecular complexity index is 974. The first-order valence-corrected chi connectivity index (χ1v) is 9.94. The van der Waals surface area contributed by atoms with E-state index in [1.165, 1.54) is 12.1 Å². The van der Waals surface area contributed by atoms with Gasteiger partial charge in [-0.15, -0.1) is 0 Å². The summed E-state index contributed by atoms with van der Waals surface area (Å²) < 4.78 is 5.68. The van der Waals surface area contributed by atoms with Gasteiger partial charge in [-0.3, -0.25) is 4.79 Å². The highest BCUT2D eigenvalue weighted by Crippen LogP contribution is 2.42. The molecule has 1 aliphatic heterocycles. The number of carbonyl (C=O) groups excluding carboxylic acids is 1. The van der Waals surface area contributed by atoms with Crippen LogP contribution in [0.2, 0.25) is 5.02 Å². The molecule has 1 aromatic carbocycles. The molecular formula is C21H22ClN3O4. The molecule has 2 aromatic rings. The Kier molecular flexibility index (Phi) is 5.19. The molecule has 152 valence electrons. The Hall–Kier alpha value is -2.64. The molecule has 0 unspecified atom stereocenters. The first-order valence-electron chi connectivity index (χ1n) is 9.56. The number of anilines is 2. The monoisotopic (exact) mass is 415 g/mol. The number of pyridine rings is 1. The molecule has 1 aromatic heterocycles. The summed E-state index contributed by atoms with van der Waals surface area (Å²) in [6.45, 7) is 3.68. The third-order valence-corrected chi connectivity index (χ3v) is 5.91. The molecule has 1 saturated carbocycles. The number of carbonyl (C=O) groups is 2. The molecule has 2 aliphatic rings. The number of aromatic nitrogens is 1. The number of aromatic carboxylic acids is 1. The van der Waals surface area contributed by atoms with E-state index in [1.54, 1.807) is 25.1 Å². The molecule has 7 nitrogen and oxygen atoms in total. The van der Waals surface area contributed by atoms with E-state index in [9.17, 15) is 9.59 Å². The Labute approximate surface area is 173 Å². The van der Waals surface area contributed by atoms with Crippen LogP contribution in [0.25, 0.3) is 0 Å². The number of hydrogen-bond acceptors (Lipinski definition) is 5. The second-order valence-electron chi connectivity index (χ2n) is 7.60. The van der Waals surface area contributed by atoms with E-state index in [1.807, 2.05) is 0 Å². The van der Waals surface area contributed by atoms with Crippen LogP contribution in [-0.2, 0) is 4.74 Å². The van der Waals surface area contributed by atoms with Gasteiger partial charge in [0.1, 0.15) is 11.5 Å². The highest BCUT2D eigenvalue weighted by atomic mass is 35.5. The SMILES string of the molecule is Cc1cc(NC(=O)c2cc(Cl)cc(N3CCOCC34CCC4)n2)ccc1C(=O)O. The van der Waals surface area contributed by atoms with E-state index in [0.29, 0.717) is 41.8 Å². The number of halogens is 1. The predicted molar refractivity (Wildman–Crippen MR) is 110 cm³/mol. The number of carboxylic acids is 1. The third kappa shape index (κ3) is 3.80. The molecule has 2 fully saturated rings. The molecule has 8 heteroatoms. The maximum Gasteiger partial charge on any atom is 0.335 e. The van der Waals surface area contributed by atoms with Crippen LogP contribution in [-0.4, -0.2) is 47.3 Å². The van der Waals surface area contributed by atoms with Crippen molar-refractivity contribution in [3.63, 3.8) is 0 Å². The summed E-state index contributed by atoms with van der Waals surface area (Å²) in [4.78, 5) is 30.7. The van der Waals surface area contributed by atoms with Crippen molar-refractivity contribution in [2.45, 2.75) is 31.7 Å². The van der Waals surface area contributed by atoms with Crippen molar-refractivity contribution in [2.75, 3.05) is 30.0 Å². The average Bonchev–Trinajstić information content (AvgIpc) is 2.66. The van der Waals surface area contributed by atoms with Gasteiger partial charge >= 0.3 is 5.97 Å². The van der Waals surface area contributed by atoms with Crippen LogP contribution >= 0.6 is 11.6 Å². The minimum absolute atomic E-state index is 0.0482. The number of benzene rings is 1. The highest BCUT2D eigenvalue weighted by Gasteiger charge is 2.45. The fraction of sp³-hybridized carbons (Fsp3) is 0.381. The summed E-state index contributed by atoms with van der Waals surface area (Å²) in [5.41, 5.74) is 1.43. The lowest BCUT2D eigenvalue weighted by atomic mass is 9.75. The molecule has 0 atom stereocenters. The molecule has 2 N–H and O–H groups in total. The van der Waals surface area contributed by atoms with Gasteiger partial charge in [-0.05, 0) is 62.1 Å². The van der Waals surface area contributed by atoms with Crippen LogP contribution in [0.15, 0.2) is 30.3 Å². The second-order valence-corrected chi connectivity index (χ2v) is 8.04. The zero-order valence-corrected chi connectivity index (χ0v) is 16.8. The van der Waals surface area contributed by atoms with Crippen LogP contribution in [0.4, 0.5) is 11.5 Å². The number of rotatable bonds is 4. The van der Waals surface area contributed by atoms with Crippen LogP contribution in [0.1, 0.15) is 45.7 Å².